The summed E-state index contributed by atoms with van der Waals surface area (Å²) < 4.78 is 16.9. The van der Waals surface area contributed by atoms with E-state index in [0.717, 1.165) is 69.6 Å². The third-order valence-electron chi connectivity index (χ3n) is 14.3. The van der Waals surface area contributed by atoms with Crippen molar-refractivity contribution in [2.75, 3.05) is 13.2 Å². The van der Waals surface area contributed by atoms with Gasteiger partial charge in [-0.2, -0.15) is 0 Å². The molecule has 0 aliphatic rings. The predicted molar refractivity (Wildman–Crippen MR) is 289 cm³/mol. The summed E-state index contributed by atoms with van der Waals surface area (Å²) in [5.41, 5.74) is 0. The zero-order valence-corrected chi connectivity index (χ0v) is 46.0. The van der Waals surface area contributed by atoms with Crippen molar-refractivity contribution in [2.24, 2.45) is 11.8 Å². The molecule has 0 radical (unpaired) electrons. The second-order valence-electron chi connectivity index (χ2n) is 21.7. The zero-order chi connectivity index (χ0) is 48.9. The van der Waals surface area contributed by atoms with Gasteiger partial charge in [0.25, 0.3) is 0 Å². The van der Waals surface area contributed by atoms with E-state index in [9.17, 15) is 14.4 Å². The summed E-state index contributed by atoms with van der Waals surface area (Å²) >= 11 is 0. The lowest BCUT2D eigenvalue weighted by Crippen LogP contribution is -2.30. The van der Waals surface area contributed by atoms with Crippen molar-refractivity contribution in [3.63, 3.8) is 0 Å². The quantitative estimate of drug-likeness (QED) is 0.0343. The zero-order valence-electron chi connectivity index (χ0n) is 46.0. The molecule has 0 fully saturated rings. The van der Waals surface area contributed by atoms with Crippen molar-refractivity contribution in [3.8, 4) is 0 Å². The molecule has 398 valence electrons. The van der Waals surface area contributed by atoms with Crippen LogP contribution in [0.25, 0.3) is 0 Å². The fourth-order valence-corrected chi connectivity index (χ4v) is 9.37. The largest absolute Gasteiger partial charge is 0.462 e. The smallest absolute Gasteiger partial charge is 0.306 e. The first-order valence-corrected chi connectivity index (χ1v) is 30.3. The second kappa shape index (κ2) is 53.8. The summed E-state index contributed by atoms with van der Waals surface area (Å²) in [4.78, 5) is 38.1. The number of unbranched alkanes of at least 4 members (excludes halogenated alkanes) is 39. The van der Waals surface area contributed by atoms with Gasteiger partial charge in [-0.25, -0.2) is 0 Å². The van der Waals surface area contributed by atoms with E-state index in [4.69, 9.17) is 14.2 Å². The summed E-state index contributed by atoms with van der Waals surface area (Å²) in [6.45, 7) is 11.4. The lowest BCUT2D eigenvalue weighted by Gasteiger charge is -2.18. The minimum absolute atomic E-state index is 0.0628. The number of carbonyl (C=O) groups excluding carboxylic acids is 3. The SMILES string of the molecule is CCCCCCCCCCCCCCCCCCC(=O)O[C@@H](COC(=O)CCCCCCCCCCCCCCCCCCCCC(C)CC)COC(=O)CCCCCCCCCCC(C)C. The summed E-state index contributed by atoms with van der Waals surface area (Å²) in [5, 5.41) is 0. The van der Waals surface area contributed by atoms with Gasteiger partial charge in [0.1, 0.15) is 13.2 Å². The van der Waals surface area contributed by atoms with E-state index in [2.05, 4.69) is 34.6 Å². The van der Waals surface area contributed by atoms with Gasteiger partial charge in [0.15, 0.2) is 6.10 Å². The molecular formula is C61H118O6. The van der Waals surface area contributed by atoms with E-state index in [-0.39, 0.29) is 31.1 Å². The Kier molecular flexibility index (Phi) is 52.5. The van der Waals surface area contributed by atoms with E-state index < -0.39 is 6.10 Å². The highest BCUT2D eigenvalue weighted by molar-refractivity contribution is 5.71. The van der Waals surface area contributed by atoms with Crippen LogP contribution >= 0.6 is 0 Å². The molecule has 0 heterocycles. The van der Waals surface area contributed by atoms with Gasteiger partial charge in [0.2, 0.25) is 0 Å². The molecule has 0 amide bonds. The molecule has 0 N–H and O–H groups in total. The highest BCUT2D eigenvalue weighted by atomic mass is 16.6. The number of esters is 3. The van der Waals surface area contributed by atoms with Crippen LogP contribution < -0.4 is 0 Å². The van der Waals surface area contributed by atoms with Crippen LogP contribution in [0, 0.1) is 11.8 Å². The molecule has 0 saturated heterocycles. The molecule has 67 heavy (non-hydrogen) atoms. The second-order valence-corrected chi connectivity index (χ2v) is 21.7. The highest BCUT2D eigenvalue weighted by Gasteiger charge is 2.19. The minimum atomic E-state index is -0.763. The fraction of sp³-hybridized carbons (Fsp3) is 0.951. The Morgan fingerprint density at radius 3 is 0.851 bits per heavy atom. The van der Waals surface area contributed by atoms with Crippen molar-refractivity contribution in [1.82, 2.24) is 0 Å². The summed E-state index contributed by atoms with van der Waals surface area (Å²) in [5.74, 6) is 0.867. The first-order chi connectivity index (χ1) is 32.8. The van der Waals surface area contributed by atoms with Crippen LogP contribution in [0.3, 0.4) is 0 Å². The third kappa shape index (κ3) is 53.6. The van der Waals surface area contributed by atoms with Crippen LogP contribution in [-0.4, -0.2) is 37.2 Å². The van der Waals surface area contributed by atoms with Gasteiger partial charge in [-0.15, -0.1) is 0 Å². The molecule has 6 nitrogen and oxygen atoms in total. The Balaban J connectivity index is 4.21. The lowest BCUT2D eigenvalue weighted by molar-refractivity contribution is -0.167. The summed E-state index contributed by atoms with van der Waals surface area (Å²) in [7, 11) is 0. The number of hydrogen-bond donors (Lipinski definition) is 0. The molecule has 0 aromatic rings. The monoisotopic (exact) mass is 947 g/mol. The number of rotatable bonds is 55. The molecule has 6 heteroatoms. The Hall–Kier alpha value is -1.59. The average Bonchev–Trinajstić information content (AvgIpc) is 3.31. The van der Waals surface area contributed by atoms with Crippen molar-refractivity contribution >= 4 is 17.9 Å². The fourth-order valence-electron chi connectivity index (χ4n) is 9.37. The third-order valence-corrected chi connectivity index (χ3v) is 14.3. The maximum absolute atomic E-state index is 12.9. The van der Waals surface area contributed by atoms with Gasteiger partial charge < -0.3 is 14.2 Å². The van der Waals surface area contributed by atoms with Crippen LogP contribution in [0.15, 0.2) is 0 Å². The molecule has 0 aromatic carbocycles. The molecule has 2 atom stereocenters. The first-order valence-electron chi connectivity index (χ1n) is 30.3. The molecule has 0 aromatic heterocycles. The number of hydrogen-bond acceptors (Lipinski definition) is 6. The first kappa shape index (κ1) is 65.4. The van der Waals surface area contributed by atoms with Gasteiger partial charge in [0.05, 0.1) is 0 Å². The molecule has 0 rings (SSSR count). The van der Waals surface area contributed by atoms with Crippen molar-refractivity contribution in [3.05, 3.63) is 0 Å². The van der Waals surface area contributed by atoms with Crippen molar-refractivity contribution in [1.29, 1.82) is 0 Å². The molecule has 0 spiro atoms. The normalized spacial score (nSPS) is 12.4. The van der Waals surface area contributed by atoms with Crippen LogP contribution in [0.5, 0.6) is 0 Å². The van der Waals surface area contributed by atoms with Crippen LogP contribution in [0.4, 0.5) is 0 Å². The van der Waals surface area contributed by atoms with Gasteiger partial charge in [-0.3, -0.25) is 14.4 Å². The molecule has 0 bridgehead atoms. The van der Waals surface area contributed by atoms with Crippen LogP contribution in [0.1, 0.15) is 343 Å². The van der Waals surface area contributed by atoms with E-state index in [1.54, 1.807) is 0 Å². The molecule has 0 saturated carbocycles. The Labute approximate surface area is 418 Å². The van der Waals surface area contributed by atoms with Gasteiger partial charge in [-0.1, -0.05) is 304 Å². The van der Waals surface area contributed by atoms with Crippen LogP contribution in [0.2, 0.25) is 0 Å². The lowest BCUT2D eigenvalue weighted by atomic mass is 9.99. The van der Waals surface area contributed by atoms with Crippen molar-refractivity contribution < 1.29 is 28.6 Å². The molecular weight excluding hydrogens is 829 g/mol. The number of carbonyl (C=O) groups is 3. The molecule has 0 aliphatic heterocycles. The topological polar surface area (TPSA) is 78.9 Å². The number of ether oxygens (including phenoxy) is 3. The average molecular weight is 948 g/mol. The maximum Gasteiger partial charge on any atom is 0.306 e. The van der Waals surface area contributed by atoms with Gasteiger partial charge >= 0.3 is 17.9 Å². The maximum atomic E-state index is 12.9. The standard InChI is InChI=1S/C61H118O6/c1-6-8-9-10-11-12-13-14-15-21-25-28-31-38-43-48-53-61(64)67-58(55-66-60(63)52-47-42-37-33-32-34-39-44-49-56(3)4)54-65-59(62)51-46-41-36-30-27-24-22-19-17-16-18-20-23-26-29-35-40-45-50-57(5)7-2/h56-58H,6-55H2,1-5H3/t57?,58-/m0/s1. The summed E-state index contributed by atoms with van der Waals surface area (Å²) in [6, 6.07) is 0. The predicted octanol–water partition coefficient (Wildman–Crippen LogP) is 20.0. The van der Waals surface area contributed by atoms with Gasteiger partial charge in [0, 0.05) is 19.3 Å². The summed E-state index contributed by atoms with van der Waals surface area (Å²) in [6.07, 6.45) is 58.2. The highest BCUT2D eigenvalue weighted by Crippen LogP contribution is 2.19. The van der Waals surface area contributed by atoms with Crippen molar-refractivity contribution in [2.45, 2.75) is 349 Å². The van der Waals surface area contributed by atoms with E-state index >= 15 is 0 Å². The minimum Gasteiger partial charge on any atom is -0.462 e. The Bertz CT molecular complexity index is 1030. The Morgan fingerprint density at radius 1 is 0.313 bits per heavy atom. The van der Waals surface area contributed by atoms with E-state index in [1.165, 1.54) is 231 Å². The van der Waals surface area contributed by atoms with E-state index in [0.29, 0.717) is 19.3 Å². The van der Waals surface area contributed by atoms with Crippen LogP contribution in [-0.2, 0) is 28.6 Å². The van der Waals surface area contributed by atoms with Gasteiger partial charge in [-0.05, 0) is 31.1 Å². The van der Waals surface area contributed by atoms with E-state index in [1.807, 2.05) is 0 Å². The molecule has 1 unspecified atom stereocenters. The molecule has 0 aliphatic carbocycles. The Morgan fingerprint density at radius 2 is 0.567 bits per heavy atom.